The second-order valence-corrected chi connectivity index (χ2v) is 6.86. The first-order valence-corrected chi connectivity index (χ1v) is 9.18. The van der Waals surface area contributed by atoms with Gasteiger partial charge < -0.3 is 19.7 Å². The van der Waals surface area contributed by atoms with Gasteiger partial charge in [-0.1, -0.05) is 12.1 Å². The van der Waals surface area contributed by atoms with Crippen molar-refractivity contribution in [3.63, 3.8) is 0 Å². The van der Waals surface area contributed by atoms with Gasteiger partial charge in [0.15, 0.2) is 11.6 Å². The van der Waals surface area contributed by atoms with Crippen molar-refractivity contribution < 1.29 is 14.3 Å². The van der Waals surface area contributed by atoms with Crippen LogP contribution >= 0.6 is 0 Å². The number of aromatic nitrogens is 2. The lowest BCUT2D eigenvalue weighted by molar-refractivity contribution is -0.145. The van der Waals surface area contributed by atoms with E-state index >= 15 is 0 Å². The minimum absolute atomic E-state index is 0.0299. The Hall–Kier alpha value is -2.41. The first kappa shape index (κ1) is 17.0. The van der Waals surface area contributed by atoms with E-state index < -0.39 is 0 Å². The molecule has 138 valence electrons. The minimum Gasteiger partial charge on any atom is -0.469 e. The molecule has 0 spiro atoms. The molecule has 2 heterocycles. The fourth-order valence-corrected chi connectivity index (χ4v) is 3.77. The Balaban J connectivity index is 1.61. The third kappa shape index (κ3) is 3.44. The smallest absolute Gasteiger partial charge is 0.308 e. The van der Waals surface area contributed by atoms with Gasteiger partial charge in [-0.3, -0.25) is 4.79 Å². The van der Waals surface area contributed by atoms with E-state index in [0.29, 0.717) is 13.2 Å². The van der Waals surface area contributed by atoms with Crippen LogP contribution in [0.3, 0.4) is 0 Å². The molecule has 7 nitrogen and oxygen atoms in total. The number of methoxy groups -OCH3 is 1. The Labute approximate surface area is 152 Å². The summed E-state index contributed by atoms with van der Waals surface area (Å²) in [5.41, 5.74) is 1.76. The first-order chi connectivity index (χ1) is 12.7. The molecule has 1 aromatic carbocycles. The molecule has 1 N–H and O–H groups in total. The summed E-state index contributed by atoms with van der Waals surface area (Å²) in [6.07, 6.45) is 2.54. The van der Waals surface area contributed by atoms with Crippen LogP contribution in [0.5, 0.6) is 0 Å². The van der Waals surface area contributed by atoms with Crippen molar-refractivity contribution in [2.75, 3.05) is 43.6 Å². The number of nitrogens with zero attached hydrogens (tertiary/aromatic N) is 3. The number of hydrogen-bond donors (Lipinski definition) is 1. The molecule has 0 radical (unpaired) electrons. The van der Waals surface area contributed by atoms with Crippen LogP contribution in [0.25, 0.3) is 11.0 Å². The molecule has 26 heavy (non-hydrogen) atoms. The van der Waals surface area contributed by atoms with E-state index in [4.69, 9.17) is 19.4 Å². The molecular weight excluding hydrogens is 332 g/mol. The van der Waals surface area contributed by atoms with Crippen molar-refractivity contribution in [3.8, 4) is 0 Å². The normalized spacial score (nSPS) is 23.2. The SMILES string of the molecule is COC(=O)[C@H]1CC[C@@H](Nc2nc3ccccc3nc2N2CCOCC2)C1. The van der Waals surface area contributed by atoms with Gasteiger partial charge in [0.05, 0.1) is 37.3 Å². The molecular formula is C19H24N4O3. The van der Waals surface area contributed by atoms with Crippen molar-refractivity contribution in [1.29, 1.82) is 0 Å². The van der Waals surface area contributed by atoms with Crippen LogP contribution in [0, 0.1) is 5.92 Å². The quantitative estimate of drug-likeness (QED) is 0.842. The number of hydrogen-bond acceptors (Lipinski definition) is 7. The van der Waals surface area contributed by atoms with Crippen LogP contribution in [0.1, 0.15) is 19.3 Å². The Kier molecular flexibility index (Phi) is 4.88. The summed E-state index contributed by atoms with van der Waals surface area (Å²) in [6, 6.07) is 8.11. The summed E-state index contributed by atoms with van der Waals surface area (Å²) in [5.74, 6) is 1.51. The van der Waals surface area contributed by atoms with Gasteiger partial charge in [0.25, 0.3) is 0 Å². The predicted octanol–water partition coefficient (Wildman–Crippen LogP) is 2.22. The highest BCUT2D eigenvalue weighted by molar-refractivity contribution is 5.80. The zero-order valence-electron chi connectivity index (χ0n) is 15.0. The second-order valence-electron chi connectivity index (χ2n) is 6.86. The Morgan fingerprint density at radius 1 is 1.19 bits per heavy atom. The van der Waals surface area contributed by atoms with Crippen LogP contribution in [0.15, 0.2) is 24.3 Å². The molecule has 2 aromatic rings. The molecule has 7 heteroatoms. The van der Waals surface area contributed by atoms with Crippen LogP contribution in [-0.4, -0.2) is 55.4 Å². The average Bonchev–Trinajstić information content (AvgIpc) is 3.16. The maximum atomic E-state index is 11.8. The molecule has 0 bridgehead atoms. The zero-order chi connectivity index (χ0) is 17.9. The van der Waals surface area contributed by atoms with Crippen molar-refractivity contribution in [3.05, 3.63) is 24.3 Å². The Morgan fingerprint density at radius 2 is 1.92 bits per heavy atom. The number of carbonyl (C=O) groups is 1. The van der Waals surface area contributed by atoms with E-state index in [9.17, 15) is 4.79 Å². The molecule has 1 aliphatic heterocycles. The standard InChI is InChI=1S/C19H24N4O3/c1-25-19(24)13-6-7-14(12-13)20-17-18(23-8-10-26-11-9-23)22-16-5-3-2-4-15(16)21-17/h2-5,13-14H,6-12H2,1H3,(H,20,21)/t13-,14+/m0/s1. The number of carbonyl (C=O) groups excluding carboxylic acids is 1. The van der Waals surface area contributed by atoms with Gasteiger partial charge in [-0.15, -0.1) is 0 Å². The summed E-state index contributed by atoms with van der Waals surface area (Å²) in [4.78, 5) is 23.7. The van der Waals surface area contributed by atoms with Gasteiger partial charge in [-0.2, -0.15) is 0 Å². The predicted molar refractivity (Wildman–Crippen MR) is 99.3 cm³/mol. The molecule has 2 atom stereocenters. The largest absolute Gasteiger partial charge is 0.469 e. The molecule has 2 fully saturated rings. The zero-order valence-corrected chi connectivity index (χ0v) is 15.0. The fraction of sp³-hybridized carbons (Fsp3) is 0.526. The van der Waals surface area contributed by atoms with Crippen molar-refractivity contribution in [1.82, 2.24) is 9.97 Å². The fourth-order valence-electron chi connectivity index (χ4n) is 3.77. The van der Waals surface area contributed by atoms with Gasteiger partial charge in [0.1, 0.15) is 0 Å². The third-order valence-corrected chi connectivity index (χ3v) is 5.17. The van der Waals surface area contributed by atoms with Gasteiger partial charge in [0, 0.05) is 19.1 Å². The van der Waals surface area contributed by atoms with E-state index in [0.717, 1.165) is 55.0 Å². The number of anilines is 2. The van der Waals surface area contributed by atoms with E-state index in [1.165, 1.54) is 7.11 Å². The highest BCUT2D eigenvalue weighted by Gasteiger charge is 2.31. The topological polar surface area (TPSA) is 76.6 Å². The second kappa shape index (κ2) is 7.45. The van der Waals surface area contributed by atoms with Crippen LogP contribution in [0.2, 0.25) is 0 Å². The molecule has 1 aliphatic carbocycles. The monoisotopic (exact) mass is 356 g/mol. The van der Waals surface area contributed by atoms with Crippen LogP contribution in [0.4, 0.5) is 11.6 Å². The highest BCUT2D eigenvalue weighted by Crippen LogP contribution is 2.32. The van der Waals surface area contributed by atoms with Gasteiger partial charge >= 0.3 is 5.97 Å². The summed E-state index contributed by atoms with van der Waals surface area (Å²) in [7, 11) is 1.45. The lowest BCUT2D eigenvalue weighted by Crippen LogP contribution is -2.37. The van der Waals surface area contributed by atoms with E-state index in [1.54, 1.807) is 0 Å². The molecule has 0 unspecified atom stereocenters. The molecule has 1 saturated heterocycles. The number of rotatable bonds is 4. The molecule has 1 aromatic heterocycles. The molecule has 4 rings (SSSR count). The Bertz CT molecular complexity index is 791. The number of benzene rings is 1. The van der Waals surface area contributed by atoms with E-state index in [1.807, 2.05) is 24.3 Å². The minimum atomic E-state index is -0.118. The number of fused-ring (bicyclic) bond motifs is 1. The van der Waals surface area contributed by atoms with Crippen LogP contribution in [-0.2, 0) is 14.3 Å². The van der Waals surface area contributed by atoms with E-state index in [-0.39, 0.29) is 17.9 Å². The number of esters is 1. The summed E-state index contributed by atoms with van der Waals surface area (Å²) >= 11 is 0. The number of morpholine rings is 1. The number of nitrogens with one attached hydrogen (secondary N) is 1. The van der Waals surface area contributed by atoms with Crippen molar-refractivity contribution >= 4 is 28.6 Å². The van der Waals surface area contributed by atoms with E-state index in [2.05, 4.69) is 10.2 Å². The highest BCUT2D eigenvalue weighted by atomic mass is 16.5. The average molecular weight is 356 g/mol. The Morgan fingerprint density at radius 3 is 2.65 bits per heavy atom. The number of para-hydroxylation sites is 2. The summed E-state index contributed by atoms with van der Waals surface area (Å²) in [6.45, 7) is 3.00. The summed E-state index contributed by atoms with van der Waals surface area (Å²) in [5, 5.41) is 3.54. The molecule has 1 saturated carbocycles. The van der Waals surface area contributed by atoms with Gasteiger partial charge in [0.2, 0.25) is 0 Å². The third-order valence-electron chi connectivity index (χ3n) is 5.17. The lowest BCUT2D eigenvalue weighted by Gasteiger charge is -2.30. The van der Waals surface area contributed by atoms with Crippen molar-refractivity contribution in [2.24, 2.45) is 5.92 Å². The first-order valence-electron chi connectivity index (χ1n) is 9.18. The van der Waals surface area contributed by atoms with Gasteiger partial charge in [-0.05, 0) is 31.4 Å². The maximum Gasteiger partial charge on any atom is 0.308 e. The van der Waals surface area contributed by atoms with Crippen molar-refractivity contribution in [2.45, 2.75) is 25.3 Å². The van der Waals surface area contributed by atoms with Gasteiger partial charge in [-0.25, -0.2) is 9.97 Å². The lowest BCUT2D eigenvalue weighted by atomic mass is 10.1. The molecule has 2 aliphatic rings. The number of ether oxygens (including phenoxy) is 2. The molecule has 0 amide bonds. The maximum absolute atomic E-state index is 11.8. The van der Waals surface area contributed by atoms with Crippen LogP contribution < -0.4 is 10.2 Å². The summed E-state index contributed by atoms with van der Waals surface area (Å²) < 4.78 is 10.4.